The van der Waals surface area contributed by atoms with Crippen LogP contribution in [-0.2, 0) is 6.18 Å². The first kappa shape index (κ1) is 14.6. The molecule has 1 aromatic heterocycles. The fraction of sp³-hybridized carbons (Fsp3) is 0.0833. The average Bonchev–Trinajstić information content (AvgIpc) is 2.40. The van der Waals surface area contributed by atoms with E-state index in [1.165, 1.54) is 12.1 Å². The van der Waals surface area contributed by atoms with Crippen LogP contribution in [0.3, 0.4) is 0 Å². The number of aromatic nitrogens is 1. The number of nitrogens with zero attached hydrogens (tertiary/aromatic N) is 2. The van der Waals surface area contributed by atoms with Crippen molar-refractivity contribution in [1.82, 2.24) is 4.98 Å². The number of nitrogens with two attached hydrogens (primary N) is 1. The predicted molar refractivity (Wildman–Crippen MR) is 66.8 cm³/mol. The van der Waals surface area contributed by atoms with Crippen LogP contribution in [0.15, 0.2) is 36.5 Å². The second kappa shape index (κ2) is 5.27. The van der Waals surface area contributed by atoms with Crippen molar-refractivity contribution in [1.29, 1.82) is 0 Å². The van der Waals surface area contributed by atoms with Gasteiger partial charge in [-0.3, -0.25) is 10.1 Å². The van der Waals surface area contributed by atoms with Crippen LogP contribution in [0.5, 0.6) is 11.6 Å². The lowest BCUT2D eigenvalue weighted by molar-refractivity contribution is -0.385. The molecule has 1 heterocycles. The molecular formula is C12H8F3N3O3. The molecule has 0 amide bonds. The number of pyridine rings is 1. The summed E-state index contributed by atoms with van der Waals surface area (Å²) in [6.07, 6.45) is -3.93. The molecule has 0 spiro atoms. The number of anilines is 1. The van der Waals surface area contributed by atoms with Crippen LogP contribution in [0.4, 0.5) is 24.5 Å². The lowest BCUT2D eigenvalue weighted by Crippen LogP contribution is -2.05. The second-order valence-corrected chi connectivity index (χ2v) is 3.97. The third-order valence-electron chi connectivity index (χ3n) is 2.46. The predicted octanol–water partition coefficient (Wildman–Crippen LogP) is 3.38. The van der Waals surface area contributed by atoms with Crippen LogP contribution in [0.25, 0.3) is 0 Å². The van der Waals surface area contributed by atoms with Gasteiger partial charge >= 0.3 is 11.9 Å². The number of alkyl halides is 3. The molecule has 1 aromatic carbocycles. The molecule has 0 unspecified atom stereocenters. The molecule has 0 aliphatic carbocycles. The summed E-state index contributed by atoms with van der Waals surface area (Å²) in [5.74, 6) is -0.364. The number of halogens is 3. The standard InChI is InChI=1S/C12H8F3N3O3/c13-12(14,15)7-1-4-11(17-6-7)21-10-3-2-8(16)5-9(10)18(19)20/h1-6H,16H2. The number of rotatable bonds is 3. The Morgan fingerprint density at radius 3 is 2.48 bits per heavy atom. The molecule has 0 saturated carbocycles. The third kappa shape index (κ3) is 3.38. The second-order valence-electron chi connectivity index (χ2n) is 3.97. The van der Waals surface area contributed by atoms with Gasteiger partial charge in [-0.05, 0) is 18.2 Å². The first-order valence-electron chi connectivity index (χ1n) is 5.52. The topological polar surface area (TPSA) is 91.3 Å². The van der Waals surface area contributed by atoms with Crippen LogP contribution >= 0.6 is 0 Å². The maximum atomic E-state index is 12.4. The smallest absolute Gasteiger partial charge is 0.417 e. The van der Waals surface area contributed by atoms with Crippen LogP contribution in [0.2, 0.25) is 0 Å². The van der Waals surface area contributed by atoms with Gasteiger partial charge in [0.05, 0.1) is 10.5 Å². The molecule has 9 heteroatoms. The van der Waals surface area contributed by atoms with Gasteiger partial charge < -0.3 is 10.5 Å². The number of nitro benzene ring substituents is 1. The summed E-state index contributed by atoms with van der Waals surface area (Å²) in [6, 6.07) is 5.44. The highest BCUT2D eigenvalue weighted by molar-refractivity contribution is 5.57. The van der Waals surface area contributed by atoms with Gasteiger partial charge in [-0.15, -0.1) is 0 Å². The molecule has 2 N–H and O–H groups in total. The Hall–Kier alpha value is -2.84. The highest BCUT2D eigenvalue weighted by atomic mass is 19.4. The fourth-order valence-electron chi connectivity index (χ4n) is 1.48. The molecular weight excluding hydrogens is 291 g/mol. The van der Waals surface area contributed by atoms with Gasteiger partial charge in [0.15, 0.2) is 0 Å². The number of ether oxygens (including phenoxy) is 1. The van der Waals surface area contributed by atoms with Crippen molar-refractivity contribution in [3.63, 3.8) is 0 Å². The summed E-state index contributed by atoms with van der Waals surface area (Å²) < 4.78 is 42.2. The Morgan fingerprint density at radius 2 is 1.95 bits per heavy atom. The third-order valence-corrected chi connectivity index (χ3v) is 2.46. The Balaban J connectivity index is 2.28. The molecule has 0 aliphatic heterocycles. The summed E-state index contributed by atoms with van der Waals surface area (Å²) >= 11 is 0. The van der Waals surface area contributed by atoms with Crippen molar-refractivity contribution in [3.8, 4) is 11.6 Å². The molecule has 0 fully saturated rings. The van der Waals surface area contributed by atoms with E-state index in [-0.39, 0.29) is 17.3 Å². The first-order valence-corrected chi connectivity index (χ1v) is 5.52. The number of nitro groups is 1. The monoisotopic (exact) mass is 299 g/mol. The fourth-order valence-corrected chi connectivity index (χ4v) is 1.48. The van der Waals surface area contributed by atoms with Crippen molar-refractivity contribution in [2.75, 3.05) is 5.73 Å². The van der Waals surface area contributed by atoms with Crippen molar-refractivity contribution in [3.05, 3.63) is 52.2 Å². The SMILES string of the molecule is Nc1ccc(Oc2ccc(C(F)(F)F)cn2)c([N+](=O)[O-])c1. The minimum Gasteiger partial charge on any atom is -0.432 e. The highest BCUT2D eigenvalue weighted by Gasteiger charge is 2.30. The summed E-state index contributed by atoms with van der Waals surface area (Å²) in [6.45, 7) is 0. The zero-order valence-electron chi connectivity index (χ0n) is 10.3. The average molecular weight is 299 g/mol. The minimum absolute atomic E-state index is 0.162. The van der Waals surface area contributed by atoms with Gasteiger partial charge in [-0.1, -0.05) is 0 Å². The van der Waals surface area contributed by atoms with E-state index in [1.54, 1.807) is 0 Å². The minimum atomic E-state index is -4.52. The van der Waals surface area contributed by atoms with E-state index >= 15 is 0 Å². The van der Waals surface area contributed by atoms with Gasteiger partial charge in [0.25, 0.3) is 0 Å². The molecule has 0 atom stereocenters. The Bertz CT molecular complexity index is 672. The van der Waals surface area contributed by atoms with Crippen molar-refractivity contribution in [2.45, 2.75) is 6.18 Å². The number of benzene rings is 1. The lowest BCUT2D eigenvalue weighted by Gasteiger charge is -2.08. The summed E-state index contributed by atoms with van der Waals surface area (Å²) in [5.41, 5.74) is 4.24. The van der Waals surface area contributed by atoms with E-state index in [0.717, 1.165) is 18.2 Å². The van der Waals surface area contributed by atoms with E-state index in [0.29, 0.717) is 6.20 Å². The van der Waals surface area contributed by atoms with Crippen LogP contribution in [0.1, 0.15) is 5.56 Å². The van der Waals surface area contributed by atoms with Crippen LogP contribution < -0.4 is 10.5 Å². The normalized spacial score (nSPS) is 11.2. The molecule has 110 valence electrons. The van der Waals surface area contributed by atoms with Crippen LogP contribution in [-0.4, -0.2) is 9.91 Å². The molecule has 6 nitrogen and oxygen atoms in total. The van der Waals surface area contributed by atoms with Gasteiger partial charge in [0, 0.05) is 24.0 Å². The number of hydrogen-bond acceptors (Lipinski definition) is 5. The van der Waals surface area contributed by atoms with Gasteiger partial charge in [0.2, 0.25) is 11.6 Å². The van der Waals surface area contributed by atoms with E-state index in [1.807, 2.05) is 0 Å². The molecule has 0 radical (unpaired) electrons. The largest absolute Gasteiger partial charge is 0.432 e. The zero-order valence-corrected chi connectivity index (χ0v) is 10.3. The van der Waals surface area contributed by atoms with Crippen molar-refractivity contribution < 1.29 is 22.8 Å². The number of nitrogen functional groups attached to an aromatic ring is 1. The molecule has 2 rings (SSSR count). The first-order chi connectivity index (χ1) is 9.77. The molecule has 21 heavy (non-hydrogen) atoms. The van der Waals surface area contributed by atoms with Crippen molar-refractivity contribution in [2.24, 2.45) is 0 Å². The molecule has 0 aliphatic rings. The Kier molecular flexibility index (Phi) is 3.66. The highest BCUT2D eigenvalue weighted by Crippen LogP contribution is 2.33. The molecule has 0 bridgehead atoms. The maximum Gasteiger partial charge on any atom is 0.417 e. The van der Waals surface area contributed by atoms with Crippen LogP contribution in [0, 0.1) is 10.1 Å². The van der Waals surface area contributed by atoms with E-state index in [2.05, 4.69) is 4.98 Å². The van der Waals surface area contributed by atoms with Gasteiger partial charge in [-0.25, -0.2) is 4.98 Å². The van der Waals surface area contributed by atoms with Crippen molar-refractivity contribution >= 4 is 11.4 Å². The number of hydrogen-bond donors (Lipinski definition) is 1. The van der Waals surface area contributed by atoms with E-state index < -0.39 is 22.4 Å². The van der Waals surface area contributed by atoms with E-state index in [4.69, 9.17) is 10.5 Å². The van der Waals surface area contributed by atoms with Gasteiger partial charge in [0.1, 0.15) is 0 Å². The zero-order chi connectivity index (χ0) is 15.6. The van der Waals surface area contributed by atoms with E-state index in [9.17, 15) is 23.3 Å². The maximum absolute atomic E-state index is 12.4. The van der Waals surface area contributed by atoms with Gasteiger partial charge in [-0.2, -0.15) is 13.2 Å². The lowest BCUT2D eigenvalue weighted by atomic mass is 10.2. The summed E-state index contributed by atoms with van der Waals surface area (Å²) in [4.78, 5) is 13.6. The quantitative estimate of drug-likeness (QED) is 0.533. The summed E-state index contributed by atoms with van der Waals surface area (Å²) in [5, 5.41) is 10.9. The molecule has 2 aromatic rings. The molecule has 0 saturated heterocycles. The summed E-state index contributed by atoms with van der Waals surface area (Å²) in [7, 11) is 0. The Morgan fingerprint density at radius 1 is 1.24 bits per heavy atom. The Labute approximate surface area is 116 Å².